The molecule has 0 aromatic heterocycles. The molecule has 6 heteroatoms. The van der Waals surface area contributed by atoms with Crippen molar-refractivity contribution in [2.75, 3.05) is 13.7 Å². The summed E-state index contributed by atoms with van der Waals surface area (Å²) in [4.78, 5) is 24.0. The minimum atomic E-state index is -0.632. The van der Waals surface area contributed by atoms with E-state index in [1.54, 1.807) is 6.07 Å². The van der Waals surface area contributed by atoms with Gasteiger partial charge in [-0.05, 0) is 37.0 Å². The third-order valence-electron chi connectivity index (χ3n) is 3.36. The molecule has 0 bridgehead atoms. The largest absolute Gasteiger partial charge is 0.375 e. The van der Waals surface area contributed by atoms with Crippen molar-refractivity contribution < 1.29 is 18.7 Å². The number of carbonyl (C=O) groups is 2. The minimum absolute atomic E-state index is 0.0582. The van der Waals surface area contributed by atoms with Crippen LogP contribution in [-0.4, -0.2) is 37.6 Å². The molecule has 0 aliphatic carbocycles. The van der Waals surface area contributed by atoms with Gasteiger partial charge in [0.2, 0.25) is 11.8 Å². The molecule has 1 aromatic carbocycles. The monoisotopic (exact) mass is 324 g/mol. The number of methoxy groups -OCH3 is 1. The van der Waals surface area contributed by atoms with Crippen molar-refractivity contribution in [3.8, 4) is 0 Å². The van der Waals surface area contributed by atoms with Crippen LogP contribution in [0.15, 0.2) is 24.3 Å². The number of ether oxygens (including phenoxy) is 1. The van der Waals surface area contributed by atoms with Gasteiger partial charge in [0.1, 0.15) is 18.5 Å². The van der Waals surface area contributed by atoms with Gasteiger partial charge < -0.3 is 15.4 Å². The van der Waals surface area contributed by atoms with Crippen LogP contribution in [0.25, 0.3) is 0 Å². The van der Waals surface area contributed by atoms with E-state index >= 15 is 0 Å². The quantitative estimate of drug-likeness (QED) is 0.764. The molecular formula is C17H25FN2O3. The van der Waals surface area contributed by atoms with E-state index in [4.69, 9.17) is 4.74 Å². The summed E-state index contributed by atoms with van der Waals surface area (Å²) in [5.74, 6) is -0.947. The maximum absolute atomic E-state index is 13.2. The van der Waals surface area contributed by atoms with Crippen LogP contribution in [-0.2, 0) is 20.7 Å². The van der Waals surface area contributed by atoms with Crippen LogP contribution in [0.2, 0.25) is 0 Å². The highest BCUT2D eigenvalue weighted by atomic mass is 19.1. The molecule has 2 atom stereocenters. The van der Waals surface area contributed by atoms with Gasteiger partial charge in [0.15, 0.2) is 0 Å². The highest BCUT2D eigenvalue weighted by Gasteiger charge is 2.25. The molecule has 0 aliphatic rings. The molecule has 1 aromatic rings. The zero-order chi connectivity index (χ0) is 17.4. The van der Waals surface area contributed by atoms with E-state index in [9.17, 15) is 14.0 Å². The standard InChI is InChI=1S/C17H25FN2O3/c1-11(2)16(20-15(21)10-23-4)17(22)19-12(3)8-13-6-5-7-14(18)9-13/h5-7,9,11-12,16H,8,10H2,1-4H3,(H,19,22)(H,20,21)/t12-,16+/m1/s1. The molecule has 0 spiro atoms. The van der Waals surface area contributed by atoms with Gasteiger partial charge in [-0.2, -0.15) is 0 Å². The van der Waals surface area contributed by atoms with Crippen LogP contribution >= 0.6 is 0 Å². The second-order valence-electron chi connectivity index (χ2n) is 5.97. The number of carbonyl (C=O) groups excluding carboxylic acids is 2. The molecule has 0 heterocycles. The zero-order valence-corrected chi connectivity index (χ0v) is 14.1. The molecule has 128 valence electrons. The van der Waals surface area contributed by atoms with Crippen molar-refractivity contribution in [3.63, 3.8) is 0 Å². The average Bonchev–Trinajstić information content (AvgIpc) is 2.44. The lowest BCUT2D eigenvalue weighted by molar-refractivity contribution is -0.132. The van der Waals surface area contributed by atoms with Gasteiger partial charge in [-0.1, -0.05) is 26.0 Å². The first-order valence-electron chi connectivity index (χ1n) is 7.66. The van der Waals surface area contributed by atoms with Crippen molar-refractivity contribution in [1.29, 1.82) is 0 Å². The summed E-state index contributed by atoms with van der Waals surface area (Å²) >= 11 is 0. The predicted molar refractivity (Wildman–Crippen MR) is 86.4 cm³/mol. The second kappa shape index (κ2) is 9.25. The summed E-state index contributed by atoms with van der Waals surface area (Å²) < 4.78 is 17.9. The van der Waals surface area contributed by atoms with Crippen molar-refractivity contribution in [2.45, 2.75) is 39.3 Å². The molecular weight excluding hydrogens is 299 g/mol. The third kappa shape index (κ3) is 6.78. The molecule has 0 saturated carbocycles. The maximum Gasteiger partial charge on any atom is 0.246 e. The SMILES string of the molecule is COCC(=O)N[C@H](C(=O)N[C@H](C)Cc1cccc(F)c1)C(C)C. The lowest BCUT2D eigenvalue weighted by Gasteiger charge is -2.24. The maximum atomic E-state index is 13.2. The Morgan fingerprint density at radius 2 is 1.91 bits per heavy atom. The number of hydrogen-bond acceptors (Lipinski definition) is 3. The van der Waals surface area contributed by atoms with Crippen LogP contribution in [0.4, 0.5) is 4.39 Å². The first-order valence-corrected chi connectivity index (χ1v) is 7.66. The van der Waals surface area contributed by atoms with Crippen molar-refractivity contribution in [2.24, 2.45) is 5.92 Å². The van der Waals surface area contributed by atoms with Crippen LogP contribution in [0.3, 0.4) is 0 Å². The van der Waals surface area contributed by atoms with Crippen LogP contribution in [0, 0.1) is 11.7 Å². The lowest BCUT2D eigenvalue weighted by atomic mass is 10.0. The van der Waals surface area contributed by atoms with Gasteiger partial charge in [0, 0.05) is 13.2 Å². The Bertz CT molecular complexity index is 534. The molecule has 5 nitrogen and oxygen atoms in total. The summed E-state index contributed by atoms with van der Waals surface area (Å²) in [5.41, 5.74) is 0.808. The fourth-order valence-electron chi connectivity index (χ4n) is 2.28. The smallest absolute Gasteiger partial charge is 0.246 e. The summed E-state index contributed by atoms with van der Waals surface area (Å²) in [6.45, 7) is 5.47. The van der Waals surface area contributed by atoms with E-state index in [2.05, 4.69) is 10.6 Å². The van der Waals surface area contributed by atoms with Gasteiger partial charge in [0.05, 0.1) is 0 Å². The van der Waals surface area contributed by atoms with Gasteiger partial charge in [0.25, 0.3) is 0 Å². The van der Waals surface area contributed by atoms with Crippen LogP contribution < -0.4 is 10.6 Å². The molecule has 0 aliphatic heterocycles. The summed E-state index contributed by atoms with van der Waals surface area (Å²) in [5, 5.41) is 5.52. The minimum Gasteiger partial charge on any atom is -0.375 e. The Hall–Kier alpha value is -1.95. The number of rotatable bonds is 8. The van der Waals surface area contributed by atoms with E-state index in [1.807, 2.05) is 26.8 Å². The first kappa shape index (κ1) is 19.1. The van der Waals surface area contributed by atoms with Crippen LogP contribution in [0.5, 0.6) is 0 Å². The summed E-state index contributed by atoms with van der Waals surface area (Å²) in [7, 11) is 1.42. The van der Waals surface area contributed by atoms with E-state index in [0.29, 0.717) is 6.42 Å². The predicted octanol–water partition coefficient (Wildman–Crippen LogP) is 1.66. The van der Waals surface area contributed by atoms with Crippen molar-refractivity contribution in [3.05, 3.63) is 35.6 Å². The molecule has 1 rings (SSSR count). The lowest BCUT2D eigenvalue weighted by Crippen LogP contribution is -2.52. The van der Waals surface area contributed by atoms with E-state index < -0.39 is 6.04 Å². The number of amides is 2. The molecule has 0 unspecified atom stereocenters. The number of hydrogen-bond donors (Lipinski definition) is 2. The van der Waals surface area contributed by atoms with Crippen molar-refractivity contribution >= 4 is 11.8 Å². The number of halogens is 1. The summed E-state index contributed by atoms with van der Waals surface area (Å²) in [6.07, 6.45) is 0.514. The van der Waals surface area contributed by atoms with Gasteiger partial charge in [-0.15, -0.1) is 0 Å². The molecule has 0 saturated heterocycles. The van der Waals surface area contributed by atoms with E-state index in [-0.39, 0.29) is 36.2 Å². The zero-order valence-electron chi connectivity index (χ0n) is 14.1. The molecule has 23 heavy (non-hydrogen) atoms. The average molecular weight is 324 g/mol. The van der Waals surface area contributed by atoms with Gasteiger partial charge in [-0.25, -0.2) is 4.39 Å². The number of nitrogens with one attached hydrogen (secondary N) is 2. The van der Waals surface area contributed by atoms with E-state index in [1.165, 1.54) is 19.2 Å². The van der Waals surface area contributed by atoms with Gasteiger partial charge in [-0.3, -0.25) is 9.59 Å². The topological polar surface area (TPSA) is 67.4 Å². The Kier molecular flexibility index (Phi) is 7.68. The fraction of sp³-hybridized carbons (Fsp3) is 0.529. The Balaban J connectivity index is 2.61. The van der Waals surface area contributed by atoms with E-state index in [0.717, 1.165) is 5.56 Å². The highest BCUT2D eigenvalue weighted by Crippen LogP contribution is 2.08. The van der Waals surface area contributed by atoms with Crippen molar-refractivity contribution in [1.82, 2.24) is 10.6 Å². The molecule has 0 fully saturated rings. The second-order valence-corrected chi connectivity index (χ2v) is 5.97. The highest BCUT2D eigenvalue weighted by molar-refractivity contribution is 5.88. The normalized spacial score (nSPS) is 13.5. The first-order chi connectivity index (χ1) is 10.8. The number of benzene rings is 1. The fourth-order valence-corrected chi connectivity index (χ4v) is 2.28. The summed E-state index contributed by atoms with van der Waals surface area (Å²) in [6, 6.07) is 5.47. The van der Waals surface area contributed by atoms with Crippen LogP contribution in [0.1, 0.15) is 26.3 Å². The Morgan fingerprint density at radius 1 is 1.22 bits per heavy atom. The van der Waals surface area contributed by atoms with Gasteiger partial charge >= 0.3 is 0 Å². The Morgan fingerprint density at radius 3 is 2.48 bits per heavy atom. The third-order valence-corrected chi connectivity index (χ3v) is 3.36. The molecule has 2 amide bonds. The Labute approximate surface area is 136 Å². The molecule has 2 N–H and O–H groups in total. The molecule has 0 radical (unpaired) electrons.